The Morgan fingerprint density at radius 2 is 1.89 bits per heavy atom. The van der Waals surface area contributed by atoms with Crippen molar-refractivity contribution >= 4 is 34.6 Å². The monoisotopic (exact) mass is 276 g/mol. The molecular weight excluding hydrogens is 267 g/mol. The van der Waals surface area contributed by atoms with Gasteiger partial charge >= 0.3 is 0 Å². The third-order valence-corrected chi connectivity index (χ3v) is 3.28. The van der Waals surface area contributed by atoms with E-state index in [1.54, 1.807) is 18.2 Å². The maximum absolute atomic E-state index is 9.07. The second-order valence-electron chi connectivity index (χ2n) is 3.84. The van der Waals surface area contributed by atoms with Crippen LogP contribution in [0.25, 0.3) is 0 Å². The Bertz CT molecular complexity index is 630. The van der Waals surface area contributed by atoms with Gasteiger partial charge in [-0.05, 0) is 42.8 Å². The van der Waals surface area contributed by atoms with E-state index < -0.39 is 0 Å². The molecular formula is C14H10Cl2N2. The lowest BCUT2D eigenvalue weighted by molar-refractivity contribution is 1.41. The molecule has 0 fully saturated rings. The van der Waals surface area contributed by atoms with Crippen molar-refractivity contribution in [2.75, 3.05) is 5.32 Å². The number of hydrogen-bond donors (Lipinski definition) is 1. The first-order valence-corrected chi connectivity index (χ1v) is 6.09. The van der Waals surface area contributed by atoms with E-state index in [9.17, 15) is 0 Å². The summed E-state index contributed by atoms with van der Waals surface area (Å²) >= 11 is 11.9. The third kappa shape index (κ3) is 2.59. The fraction of sp³-hybridized carbons (Fsp3) is 0.0714. The van der Waals surface area contributed by atoms with E-state index in [1.807, 2.05) is 25.1 Å². The molecule has 90 valence electrons. The first-order valence-electron chi connectivity index (χ1n) is 5.33. The molecule has 0 aliphatic heterocycles. The Labute approximate surface area is 116 Å². The second-order valence-corrected chi connectivity index (χ2v) is 4.68. The molecule has 0 heterocycles. The zero-order chi connectivity index (χ0) is 13.1. The molecule has 0 saturated heterocycles. The van der Waals surface area contributed by atoms with Gasteiger partial charge in [0, 0.05) is 15.7 Å². The highest BCUT2D eigenvalue weighted by Crippen LogP contribution is 2.28. The smallest absolute Gasteiger partial charge is 0.101 e. The zero-order valence-corrected chi connectivity index (χ0v) is 11.2. The summed E-state index contributed by atoms with van der Waals surface area (Å²) in [5.74, 6) is 0. The summed E-state index contributed by atoms with van der Waals surface area (Å²) in [6.07, 6.45) is 0. The molecule has 1 N–H and O–H groups in total. The van der Waals surface area contributed by atoms with Crippen LogP contribution >= 0.6 is 23.2 Å². The molecule has 0 bridgehead atoms. The first-order chi connectivity index (χ1) is 8.61. The largest absolute Gasteiger partial charge is 0.354 e. The lowest BCUT2D eigenvalue weighted by Gasteiger charge is -2.12. The van der Waals surface area contributed by atoms with E-state index in [0.29, 0.717) is 21.3 Å². The SMILES string of the molecule is Cc1c(Cl)cccc1Nc1ccc(Cl)cc1C#N. The Balaban J connectivity index is 2.41. The third-order valence-electron chi connectivity index (χ3n) is 2.64. The normalized spacial score (nSPS) is 9.89. The van der Waals surface area contributed by atoms with Gasteiger partial charge in [-0.25, -0.2) is 0 Å². The van der Waals surface area contributed by atoms with Gasteiger partial charge in [-0.15, -0.1) is 0 Å². The summed E-state index contributed by atoms with van der Waals surface area (Å²) in [6.45, 7) is 1.92. The molecule has 2 nitrogen and oxygen atoms in total. The van der Waals surface area contributed by atoms with Gasteiger partial charge in [0.25, 0.3) is 0 Å². The fourth-order valence-corrected chi connectivity index (χ4v) is 1.95. The molecule has 0 aliphatic rings. The average Bonchev–Trinajstić information content (AvgIpc) is 2.37. The molecule has 0 amide bonds. The average molecular weight is 277 g/mol. The molecule has 18 heavy (non-hydrogen) atoms. The Morgan fingerprint density at radius 1 is 1.11 bits per heavy atom. The molecule has 2 aromatic rings. The van der Waals surface area contributed by atoms with Crippen molar-refractivity contribution in [3.05, 3.63) is 57.6 Å². The summed E-state index contributed by atoms with van der Waals surface area (Å²) in [6, 6.07) is 12.9. The fourth-order valence-electron chi connectivity index (χ4n) is 1.61. The highest BCUT2D eigenvalue weighted by Gasteiger charge is 2.06. The van der Waals surface area contributed by atoms with Gasteiger partial charge in [-0.1, -0.05) is 29.3 Å². The Hall–Kier alpha value is -1.69. The zero-order valence-electron chi connectivity index (χ0n) is 9.67. The minimum atomic E-state index is 0.502. The second kappa shape index (κ2) is 5.30. The predicted octanol–water partition coefficient (Wildman–Crippen LogP) is 4.92. The number of nitrogens with one attached hydrogen (secondary N) is 1. The Morgan fingerprint density at radius 3 is 2.61 bits per heavy atom. The number of hydrogen-bond acceptors (Lipinski definition) is 2. The maximum Gasteiger partial charge on any atom is 0.101 e. The van der Waals surface area contributed by atoms with Gasteiger partial charge in [0.15, 0.2) is 0 Å². The molecule has 0 aliphatic carbocycles. The minimum absolute atomic E-state index is 0.502. The quantitative estimate of drug-likeness (QED) is 0.845. The van der Waals surface area contributed by atoms with Gasteiger partial charge in [-0.3, -0.25) is 0 Å². The van der Waals surface area contributed by atoms with Crippen LogP contribution in [-0.2, 0) is 0 Å². The van der Waals surface area contributed by atoms with Gasteiger partial charge in [0.1, 0.15) is 6.07 Å². The van der Waals surface area contributed by atoms with Crippen molar-refractivity contribution in [2.24, 2.45) is 0 Å². The topological polar surface area (TPSA) is 35.8 Å². The van der Waals surface area contributed by atoms with E-state index in [4.69, 9.17) is 28.5 Å². The first kappa shape index (κ1) is 12.8. The minimum Gasteiger partial charge on any atom is -0.354 e. The Kier molecular flexibility index (Phi) is 3.76. The van der Waals surface area contributed by atoms with Gasteiger partial charge < -0.3 is 5.32 Å². The summed E-state index contributed by atoms with van der Waals surface area (Å²) in [5.41, 5.74) is 3.04. The van der Waals surface area contributed by atoms with Gasteiger partial charge in [-0.2, -0.15) is 5.26 Å². The van der Waals surface area contributed by atoms with Crippen LogP contribution in [-0.4, -0.2) is 0 Å². The molecule has 4 heteroatoms. The molecule has 2 rings (SSSR count). The number of nitrogens with zero attached hydrogens (tertiary/aromatic N) is 1. The van der Waals surface area contributed by atoms with E-state index in [2.05, 4.69) is 11.4 Å². The summed E-state index contributed by atoms with van der Waals surface area (Å²) in [4.78, 5) is 0. The molecule has 0 saturated carbocycles. The van der Waals surface area contributed by atoms with Crippen molar-refractivity contribution in [1.82, 2.24) is 0 Å². The van der Waals surface area contributed by atoms with Gasteiger partial charge in [0.05, 0.1) is 11.3 Å². The standard InChI is InChI=1S/C14H10Cl2N2/c1-9-12(16)3-2-4-13(9)18-14-6-5-11(15)7-10(14)8-17/h2-7,18H,1H3. The number of rotatable bonds is 2. The van der Waals surface area contributed by atoms with E-state index >= 15 is 0 Å². The van der Waals surface area contributed by atoms with Crippen LogP contribution in [0.1, 0.15) is 11.1 Å². The van der Waals surface area contributed by atoms with Crippen LogP contribution in [0, 0.1) is 18.3 Å². The molecule has 0 atom stereocenters. The van der Waals surface area contributed by atoms with Crippen LogP contribution < -0.4 is 5.32 Å². The highest BCUT2D eigenvalue weighted by atomic mass is 35.5. The van der Waals surface area contributed by atoms with Crippen LogP contribution in [0.2, 0.25) is 10.0 Å². The van der Waals surface area contributed by atoms with E-state index in [0.717, 1.165) is 11.3 Å². The van der Waals surface area contributed by atoms with E-state index in [1.165, 1.54) is 0 Å². The van der Waals surface area contributed by atoms with Crippen LogP contribution in [0.5, 0.6) is 0 Å². The van der Waals surface area contributed by atoms with Gasteiger partial charge in [0.2, 0.25) is 0 Å². The highest BCUT2D eigenvalue weighted by molar-refractivity contribution is 6.31. The molecule has 0 unspecified atom stereocenters. The molecule has 2 aromatic carbocycles. The lowest BCUT2D eigenvalue weighted by Crippen LogP contribution is -1.96. The van der Waals surface area contributed by atoms with Crippen molar-refractivity contribution in [2.45, 2.75) is 6.92 Å². The van der Waals surface area contributed by atoms with Crippen LogP contribution in [0.4, 0.5) is 11.4 Å². The van der Waals surface area contributed by atoms with Crippen LogP contribution in [0.15, 0.2) is 36.4 Å². The number of anilines is 2. The van der Waals surface area contributed by atoms with Crippen LogP contribution in [0.3, 0.4) is 0 Å². The van der Waals surface area contributed by atoms with E-state index in [-0.39, 0.29) is 0 Å². The summed E-state index contributed by atoms with van der Waals surface area (Å²) < 4.78 is 0. The molecule has 0 radical (unpaired) electrons. The summed E-state index contributed by atoms with van der Waals surface area (Å²) in [7, 11) is 0. The lowest BCUT2D eigenvalue weighted by atomic mass is 10.1. The predicted molar refractivity (Wildman–Crippen MR) is 75.6 cm³/mol. The molecule has 0 spiro atoms. The van der Waals surface area contributed by atoms with Crippen molar-refractivity contribution in [1.29, 1.82) is 5.26 Å². The van der Waals surface area contributed by atoms with Crippen molar-refractivity contribution in [3.8, 4) is 6.07 Å². The van der Waals surface area contributed by atoms with Crippen molar-refractivity contribution < 1.29 is 0 Å². The number of nitriles is 1. The number of benzene rings is 2. The number of halogens is 2. The molecule has 0 aromatic heterocycles. The maximum atomic E-state index is 9.07. The van der Waals surface area contributed by atoms with Crippen molar-refractivity contribution in [3.63, 3.8) is 0 Å². The summed E-state index contributed by atoms with van der Waals surface area (Å²) in [5, 5.41) is 13.5.